The van der Waals surface area contributed by atoms with E-state index in [1.165, 1.54) is 0 Å². The Kier molecular flexibility index (Phi) is 22.3. The normalized spacial score (nSPS) is 20.1. The number of nitrogens with zero attached hydrogens (tertiary/aromatic N) is 12. The lowest BCUT2D eigenvalue weighted by molar-refractivity contribution is 0.117. The molecule has 1 unspecified atom stereocenters. The minimum Gasteiger partial charge on any atom is -0.494 e. The number of halogens is 6. The van der Waals surface area contributed by atoms with Gasteiger partial charge in [-0.1, -0.05) is 142 Å². The van der Waals surface area contributed by atoms with Crippen molar-refractivity contribution in [3.05, 3.63) is 296 Å². The first kappa shape index (κ1) is 70.8. The third kappa shape index (κ3) is 15.5. The van der Waals surface area contributed by atoms with Crippen LogP contribution in [0.3, 0.4) is 0 Å². The third-order valence-corrected chi connectivity index (χ3v) is 21.4. The van der Waals surface area contributed by atoms with E-state index in [4.69, 9.17) is 104 Å². The minimum absolute atomic E-state index is 0.0353. The van der Waals surface area contributed by atoms with E-state index in [2.05, 4.69) is 98.5 Å². The number of anilines is 3. The zero-order chi connectivity index (χ0) is 71.0. The Morgan fingerprint density at radius 1 is 0.324 bits per heavy atom. The number of fused-ring (bicyclic) bond motifs is 3. The second-order valence-corrected chi connectivity index (χ2v) is 28.2. The Balaban J connectivity index is 0.000000137. The van der Waals surface area contributed by atoms with E-state index in [0.717, 1.165) is 146 Å². The van der Waals surface area contributed by atoms with E-state index in [9.17, 15) is 15.8 Å². The van der Waals surface area contributed by atoms with Gasteiger partial charge >= 0.3 is 0 Å². The molecule has 3 saturated heterocycles. The van der Waals surface area contributed by atoms with E-state index in [-0.39, 0.29) is 36.3 Å². The molecule has 0 radical (unpaired) electrons. The summed E-state index contributed by atoms with van der Waals surface area (Å²) in [6.07, 6.45) is 2.67. The molecular weight excluding hydrogens is 1400 g/mol. The Bertz CT molecular complexity index is 4370. The smallest absolute Gasteiger partial charge is 0.190 e. The summed E-state index contributed by atoms with van der Waals surface area (Å²) in [5.74, 6) is 2.42. The van der Waals surface area contributed by atoms with E-state index in [1.807, 2.05) is 127 Å². The molecule has 15 rings (SSSR count). The summed E-state index contributed by atoms with van der Waals surface area (Å²) in [6, 6.07) is 65.3. The summed E-state index contributed by atoms with van der Waals surface area (Å²) in [5, 5.41) is 33.1. The molecule has 6 aliphatic heterocycles. The Morgan fingerprint density at radius 3 is 0.843 bits per heavy atom. The fraction of sp³-hybridized carbons (Fsp3) is 0.259. The first-order chi connectivity index (χ1) is 49.7. The van der Waals surface area contributed by atoms with Crippen molar-refractivity contribution in [3.8, 4) is 35.5 Å². The van der Waals surface area contributed by atoms with Crippen LogP contribution in [0.25, 0.3) is 14.5 Å². The van der Waals surface area contributed by atoms with Gasteiger partial charge in [0, 0.05) is 143 Å². The van der Waals surface area contributed by atoms with Gasteiger partial charge in [0.15, 0.2) is 17.1 Å². The standard InChI is InChI=1S/3C27H22Cl2N4O/c3*1-31-22-7-8-23-25(10-13-34-27(23)15-22)32-11-12-33(24-9-6-21(29)14-19(24)16-30)26(17-32)18-2-4-20(28)5-3-18/h3*2-9,14-15,25-26H,10-13,17H2/t25?,26-;25-,26+;25-,26-/m010/s1. The summed E-state index contributed by atoms with van der Waals surface area (Å²) in [4.78, 5) is 25.0. The molecule has 21 heteroatoms. The van der Waals surface area contributed by atoms with Gasteiger partial charge in [-0.05, 0) is 126 Å². The highest BCUT2D eigenvalue weighted by atomic mass is 35.5. The first-order valence-electron chi connectivity index (χ1n) is 33.5. The van der Waals surface area contributed by atoms with E-state index in [1.54, 1.807) is 18.2 Å². The maximum atomic E-state index is 9.78. The Hall–Kier alpha value is -9.66. The van der Waals surface area contributed by atoms with Crippen LogP contribution in [-0.2, 0) is 0 Å². The molecule has 6 aliphatic rings. The van der Waals surface area contributed by atoms with Gasteiger partial charge in [-0.25, -0.2) is 14.5 Å². The van der Waals surface area contributed by atoms with Gasteiger partial charge in [0.05, 0.1) is 91.4 Å². The van der Waals surface area contributed by atoms with Crippen LogP contribution in [0.4, 0.5) is 34.1 Å². The van der Waals surface area contributed by atoms with Crippen LogP contribution in [0.15, 0.2) is 182 Å². The summed E-state index contributed by atoms with van der Waals surface area (Å²) in [7, 11) is 0. The quantitative estimate of drug-likeness (QED) is 0.127. The van der Waals surface area contributed by atoms with Gasteiger partial charge in [0.1, 0.15) is 35.5 Å². The zero-order valence-corrected chi connectivity index (χ0v) is 59.8. The number of piperazine rings is 3. The van der Waals surface area contributed by atoms with Crippen LogP contribution < -0.4 is 28.9 Å². The van der Waals surface area contributed by atoms with Crippen LogP contribution in [0.5, 0.6) is 17.2 Å². The lowest BCUT2D eigenvalue weighted by atomic mass is 9.94. The maximum Gasteiger partial charge on any atom is 0.190 e. The van der Waals surface area contributed by atoms with Gasteiger partial charge in [0.2, 0.25) is 0 Å². The topological polar surface area (TPSA) is 132 Å². The molecule has 15 nitrogen and oxygen atoms in total. The summed E-state index contributed by atoms with van der Waals surface area (Å²) in [6.45, 7) is 30.9. The van der Waals surface area contributed by atoms with Crippen LogP contribution in [0, 0.1) is 53.7 Å². The second-order valence-electron chi connectivity index (χ2n) is 25.5. The average Bonchev–Trinajstić information content (AvgIpc) is 0.781. The molecule has 9 aromatic rings. The van der Waals surface area contributed by atoms with E-state index >= 15 is 0 Å². The van der Waals surface area contributed by atoms with Gasteiger partial charge in [-0.3, -0.25) is 14.7 Å². The largest absolute Gasteiger partial charge is 0.494 e. The van der Waals surface area contributed by atoms with Crippen molar-refractivity contribution >= 4 is 104 Å². The number of nitriles is 3. The van der Waals surface area contributed by atoms with Crippen LogP contribution in [0.2, 0.25) is 30.1 Å². The molecule has 0 amide bonds. The van der Waals surface area contributed by atoms with Crippen LogP contribution in [-0.4, -0.2) is 93.4 Å². The highest BCUT2D eigenvalue weighted by molar-refractivity contribution is 6.32. The van der Waals surface area contributed by atoms with Crippen molar-refractivity contribution in [2.75, 3.05) is 93.4 Å². The monoisotopic (exact) mass is 1460 g/mol. The molecule has 0 aliphatic carbocycles. The molecule has 0 saturated carbocycles. The molecule has 0 spiro atoms. The van der Waals surface area contributed by atoms with Crippen molar-refractivity contribution in [2.45, 2.75) is 55.5 Å². The Labute approximate surface area is 624 Å². The maximum absolute atomic E-state index is 9.78. The van der Waals surface area contributed by atoms with Crippen molar-refractivity contribution < 1.29 is 14.2 Å². The predicted molar refractivity (Wildman–Crippen MR) is 405 cm³/mol. The van der Waals surface area contributed by atoms with Gasteiger partial charge in [0.25, 0.3) is 0 Å². The molecule has 510 valence electrons. The van der Waals surface area contributed by atoms with Crippen molar-refractivity contribution in [1.29, 1.82) is 15.8 Å². The lowest BCUT2D eigenvalue weighted by Crippen LogP contribution is -2.50. The Morgan fingerprint density at radius 2 is 0.588 bits per heavy atom. The number of hydrogen-bond donors (Lipinski definition) is 0. The van der Waals surface area contributed by atoms with Crippen LogP contribution in [0.1, 0.15) is 106 Å². The van der Waals surface area contributed by atoms with E-state index < -0.39 is 0 Å². The molecule has 9 aromatic carbocycles. The molecule has 0 aromatic heterocycles. The molecule has 102 heavy (non-hydrogen) atoms. The predicted octanol–water partition coefficient (Wildman–Crippen LogP) is 20.4. The van der Waals surface area contributed by atoms with Gasteiger partial charge in [-0.15, -0.1) is 0 Å². The minimum atomic E-state index is 0.0353. The summed E-state index contributed by atoms with van der Waals surface area (Å²) < 4.78 is 17.7. The van der Waals surface area contributed by atoms with Crippen molar-refractivity contribution in [2.24, 2.45) is 0 Å². The van der Waals surface area contributed by atoms with Crippen LogP contribution >= 0.6 is 69.6 Å². The number of benzene rings is 9. The van der Waals surface area contributed by atoms with Crippen molar-refractivity contribution in [3.63, 3.8) is 0 Å². The molecule has 6 heterocycles. The average molecular weight is 1470 g/mol. The number of ether oxygens (including phenoxy) is 3. The summed E-state index contributed by atoms with van der Waals surface area (Å²) >= 11 is 37.1. The van der Waals surface area contributed by atoms with Crippen molar-refractivity contribution in [1.82, 2.24) is 14.7 Å². The van der Waals surface area contributed by atoms with Gasteiger partial charge < -0.3 is 28.9 Å². The highest BCUT2D eigenvalue weighted by Gasteiger charge is 2.40. The number of hydrogen-bond acceptors (Lipinski definition) is 12. The molecule has 6 atom stereocenters. The molecule has 3 fully saturated rings. The van der Waals surface area contributed by atoms with Gasteiger partial charge in [-0.2, -0.15) is 15.8 Å². The molecule has 0 bridgehead atoms. The third-order valence-electron chi connectivity index (χ3n) is 19.9. The second kappa shape index (κ2) is 32.1. The molecule has 0 N–H and O–H groups in total. The summed E-state index contributed by atoms with van der Waals surface area (Å²) in [5.41, 5.74) is 13.0. The molecular formula is C81H66Cl6N12O3. The lowest BCUT2D eigenvalue weighted by Gasteiger charge is -2.47. The fourth-order valence-corrected chi connectivity index (χ4v) is 15.9. The number of rotatable bonds is 9. The van der Waals surface area contributed by atoms with E-state index in [0.29, 0.717) is 83.7 Å². The zero-order valence-electron chi connectivity index (χ0n) is 55.3. The SMILES string of the molecule is [C-]#[N+]c1ccc2c(c1)OCCC2N1CCN(c2ccc(Cl)cc2C#N)[C@H](c2ccc(Cl)cc2)C1.[C-]#[N+]c1ccc2c(c1)OCC[C@@H]2N1CCN(c2ccc(Cl)cc2C#N)[C@H](c2ccc(Cl)cc2)C1.[C-]#[N+]c1ccc2c(c1)OCC[C@H]2N1CCN(c2ccc(Cl)cc2C#N)[C@H](c2ccc(Cl)cc2)C1. The first-order valence-corrected chi connectivity index (χ1v) is 35.8. The highest BCUT2D eigenvalue weighted by Crippen LogP contribution is 2.47. The fourth-order valence-electron chi connectivity index (χ4n) is 15.0.